The molecular weight excluding hydrogens is 252 g/mol. The number of aromatic nitrogens is 2. The number of hydrogen-bond donors (Lipinski definition) is 2. The maximum absolute atomic E-state index is 12.1. The molecule has 1 aromatic rings. The first kappa shape index (κ1) is 15.1. The molecule has 1 heterocycles. The molecule has 0 saturated carbocycles. The number of sulfonamides is 1. The Balaban J connectivity index is 2.86. The second-order valence-electron chi connectivity index (χ2n) is 4.65. The standard InChI is InChI=1S/C11H22N4O2S/c1-5-15-7-11(13-10(15)4)18(16,17)14-9(3)6-8(2)12/h7-9,14H,5-6,12H2,1-4H3. The zero-order valence-corrected chi connectivity index (χ0v) is 12.2. The SMILES string of the molecule is CCn1cc(S(=O)(=O)NC(C)CC(C)N)nc1C. The van der Waals surface area contributed by atoms with E-state index in [1.807, 2.05) is 13.8 Å². The molecular formula is C11H22N4O2S. The molecule has 0 saturated heterocycles. The highest BCUT2D eigenvalue weighted by Crippen LogP contribution is 2.10. The van der Waals surface area contributed by atoms with Crippen LogP contribution >= 0.6 is 0 Å². The van der Waals surface area contributed by atoms with E-state index in [0.29, 0.717) is 18.8 Å². The van der Waals surface area contributed by atoms with Gasteiger partial charge in [0.05, 0.1) is 0 Å². The van der Waals surface area contributed by atoms with E-state index in [4.69, 9.17) is 5.73 Å². The summed E-state index contributed by atoms with van der Waals surface area (Å²) in [6.07, 6.45) is 2.14. The molecule has 7 heteroatoms. The summed E-state index contributed by atoms with van der Waals surface area (Å²) in [6, 6.07) is -0.250. The lowest BCUT2D eigenvalue weighted by Crippen LogP contribution is -2.36. The van der Waals surface area contributed by atoms with Crippen molar-refractivity contribution in [3.05, 3.63) is 12.0 Å². The molecule has 0 aliphatic carbocycles. The fraction of sp³-hybridized carbons (Fsp3) is 0.727. The third-order valence-electron chi connectivity index (χ3n) is 2.65. The van der Waals surface area contributed by atoms with Gasteiger partial charge in [-0.15, -0.1) is 0 Å². The Morgan fingerprint density at radius 1 is 1.50 bits per heavy atom. The summed E-state index contributed by atoms with van der Waals surface area (Å²) >= 11 is 0. The predicted octanol–water partition coefficient (Wildman–Crippen LogP) is 0.616. The number of rotatable bonds is 6. The molecule has 2 unspecified atom stereocenters. The number of aryl methyl sites for hydroxylation is 2. The summed E-state index contributed by atoms with van der Waals surface area (Å²) < 4.78 is 28.5. The number of imidazole rings is 1. The average Bonchev–Trinajstić information content (AvgIpc) is 2.57. The van der Waals surface area contributed by atoms with Crippen LogP contribution in [0.5, 0.6) is 0 Å². The number of nitrogens with zero attached hydrogens (tertiary/aromatic N) is 2. The lowest BCUT2D eigenvalue weighted by Gasteiger charge is -2.14. The minimum atomic E-state index is -3.55. The van der Waals surface area contributed by atoms with Crippen molar-refractivity contribution in [2.45, 2.75) is 57.8 Å². The van der Waals surface area contributed by atoms with Crippen molar-refractivity contribution in [3.63, 3.8) is 0 Å². The zero-order valence-electron chi connectivity index (χ0n) is 11.3. The molecule has 0 radical (unpaired) electrons. The van der Waals surface area contributed by atoms with Crippen LogP contribution in [0.25, 0.3) is 0 Å². The molecule has 0 aliphatic heterocycles. The lowest BCUT2D eigenvalue weighted by atomic mass is 10.1. The van der Waals surface area contributed by atoms with Gasteiger partial charge in [0, 0.05) is 24.8 Å². The van der Waals surface area contributed by atoms with Crippen molar-refractivity contribution in [1.29, 1.82) is 0 Å². The maximum atomic E-state index is 12.1. The van der Waals surface area contributed by atoms with Gasteiger partial charge in [0.15, 0.2) is 5.03 Å². The van der Waals surface area contributed by atoms with Crippen LogP contribution in [0.2, 0.25) is 0 Å². The second-order valence-corrected chi connectivity index (χ2v) is 6.31. The first-order chi connectivity index (χ1) is 8.26. The molecule has 1 aromatic heterocycles. The van der Waals surface area contributed by atoms with Gasteiger partial charge in [0.25, 0.3) is 10.0 Å². The Hall–Kier alpha value is -0.920. The van der Waals surface area contributed by atoms with E-state index < -0.39 is 10.0 Å². The molecule has 6 nitrogen and oxygen atoms in total. The summed E-state index contributed by atoms with van der Waals surface area (Å²) in [7, 11) is -3.55. The summed E-state index contributed by atoms with van der Waals surface area (Å²) in [5.41, 5.74) is 5.65. The van der Waals surface area contributed by atoms with Crippen LogP contribution in [0.15, 0.2) is 11.2 Å². The van der Waals surface area contributed by atoms with Crippen molar-refractivity contribution in [2.24, 2.45) is 5.73 Å². The Kier molecular flexibility index (Phi) is 4.89. The summed E-state index contributed by atoms with van der Waals surface area (Å²) in [5, 5.41) is 0.0679. The summed E-state index contributed by atoms with van der Waals surface area (Å²) in [4.78, 5) is 4.07. The van der Waals surface area contributed by atoms with E-state index in [1.165, 1.54) is 0 Å². The summed E-state index contributed by atoms with van der Waals surface area (Å²) in [5.74, 6) is 0.692. The normalized spacial score (nSPS) is 15.6. The van der Waals surface area contributed by atoms with Crippen molar-refractivity contribution >= 4 is 10.0 Å². The van der Waals surface area contributed by atoms with Crippen molar-refractivity contribution in [1.82, 2.24) is 14.3 Å². The van der Waals surface area contributed by atoms with Crippen molar-refractivity contribution in [2.75, 3.05) is 0 Å². The number of nitrogens with two attached hydrogens (primary N) is 1. The highest BCUT2D eigenvalue weighted by molar-refractivity contribution is 7.89. The van der Waals surface area contributed by atoms with Gasteiger partial charge in [0.1, 0.15) is 5.82 Å². The molecule has 0 aliphatic rings. The van der Waals surface area contributed by atoms with Crippen LogP contribution in [0, 0.1) is 6.92 Å². The van der Waals surface area contributed by atoms with E-state index in [-0.39, 0.29) is 17.1 Å². The summed E-state index contributed by atoms with van der Waals surface area (Å²) in [6.45, 7) is 8.07. The van der Waals surface area contributed by atoms with Gasteiger partial charge in [0.2, 0.25) is 0 Å². The minimum Gasteiger partial charge on any atom is -0.334 e. The minimum absolute atomic E-state index is 0.0439. The first-order valence-electron chi connectivity index (χ1n) is 6.08. The Bertz CT molecular complexity index is 493. The van der Waals surface area contributed by atoms with Crippen LogP contribution in [0.4, 0.5) is 0 Å². The topological polar surface area (TPSA) is 90.0 Å². The van der Waals surface area contributed by atoms with Gasteiger partial charge in [-0.2, -0.15) is 0 Å². The van der Waals surface area contributed by atoms with Crippen molar-refractivity contribution < 1.29 is 8.42 Å². The van der Waals surface area contributed by atoms with Gasteiger partial charge >= 0.3 is 0 Å². The van der Waals surface area contributed by atoms with Crippen molar-refractivity contribution in [3.8, 4) is 0 Å². The Labute approximate surface area is 109 Å². The van der Waals surface area contributed by atoms with Crippen LogP contribution < -0.4 is 10.5 Å². The number of hydrogen-bond acceptors (Lipinski definition) is 4. The Morgan fingerprint density at radius 2 is 2.11 bits per heavy atom. The molecule has 18 heavy (non-hydrogen) atoms. The van der Waals surface area contributed by atoms with Gasteiger partial charge < -0.3 is 10.3 Å². The van der Waals surface area contributed by atoms with Crippen LogP contribution in [-0.4, -0.2) is 30.1 Å². The smallest absolute Gasteiger partial charge is 0.259 e. The zero-order chi connectivity index (χ0) is 13.9. The third kappa shape index (κ3) is 3.79. The molecule has 2 atom stereocenters. The van der Waals surface area contributed by atoms with E-state index in [1.54, 1.807) is 24.6 Å². The molecule has 0 fully saturated rings. The molecule has 0 spiro atoms. The fourth-order valence-electron chi connectivity index (χ4n) is 1.86. The maximum Gasteiger partial charge on any atom is 0.259 e. The second kappa shape index (κ2) is 5.81. The molecule has 0 bridgehead atoms. The third-order valence-corrected chi connectivity index (χ3v) is 4.11. The predicted molar refractivity (Wildman–Crippen MR) is 70.7 cm³/mol. The van der Waals surface area contributed by atoms with Gasteiger partial charge in [-0.1, -0.05) is 0 Å². The highest BCUT2D eigenvalue weighted by atomic mass is 32.2. The number of nitrogens with one attached hydrogen (secondary N) is 1. The fourth-order valence-corrected chi connectivity index (χ4v) is 3.12. The van der Waals surface area contributed by atoms with Gasteiger partial charge in [-0.25, -0.2) is 18.1 Å². The molecule has 0 amide bonds. The Morgan fingerprint density at radius 3 is 2.56 bits per heavy atom. The van der Waals surface area contributed by atoms with E-state index in [9.17, 15) is 8.42 Å². The molecule has 3 N–H and O–H groups in total. The van der Waals surface area contributed by atoms with E-state index in [0.717, 1.165) is 0 Å². The highest BCUT2D eigenvalue weighted by Gasteiger charge is 2.21. The van der Waals surface area contributed by atoms with E-state index in [2.05, 4.69) is 9.71 Å². The lowest BCUT2D eigenvalue weighted by molar-refractivity contribution is 0.517. The average molecular weight is 274 g/mol. The molecule has 0 aromatic carbocycles. The van der Waals surface area contributed by atoms with E-state index >= 15 is 0 Å². The van der Waals surface area contributed by atoms with Crippen LogP contribution in [-0.2, 0) is 16.6 Å². The largest absolute Gasteiger partial charge is 0.334 e. The molecule has 1 rings (SSSR count). The van der Waals surface area contributed by atoms with Crippen LogP contribution in [0.3, 0.4) is 0 Å². The van der Waals surface area contributed by atoms with Gasteiger partial charge in [-0.3, -0.25) is 0 Å². The quantitative estimate of drug-likeness (QED) is 0.795. The first-order valence-corrected chi connectivity index (χ1v) is 7.56. The molecule has 104 valence electrons. The van der Waals surface area contributed by atoms with Crippen LogP contribution in [0.1, 0.15) is 33.0 Å². The van der Waals surface area contributed by atoms with Gasteiger partial charge in [-0.05, 0) is 34.1 Å². The monoisotopic (exact) mass is 274 g/mol.